The van der Waals surface area contributed by atoms with Crippen molar-refractivity contribution in [2.45, 2.75) is 12.8 Å². The van der Waals surface area contributed by atoms with Crippen molar-refractivity contribution in [2.24, 2.45) is 5.92 Å². The van der Waals surface area contributed by atoms with Gasteiger partial charge in [0.25, 0.3) is 5.91 Å². The molecule has 1 atom stereocenters. The number of rotatable bonds is 3. The van der Waals surface area contributed by atoms with Crippen molar-refractivity contribution < 1.29 is 9.90 Å². The quantitative estimate of drug-likeness (QED) is 0.779. The molecule has 1 aromatic heterocycles. The lowest BCUT2D eigenvalue weighted by Crippen LogP contribution is -2.28. The van der Waals surface area contributed by atoms with Crippen LogP contribution in [0.2, 0.25) is 0 Å². The van der Waals surface area contributed by atoms with Crippen LogP contribution in [0.3, 0.4) is 0 Å². The van der Waals surface area contributed by atoms with E-state index in [0.29, 0.717) is 17.2 Å². The highest BCUT2D eigenvalue weighted by Crippen LogP contribution is 2.24. The Balaban J connectivity index is 1.44. The zero-order valence-electron chi connectivity index (χ0n) is 13.3. The van der Waals surface area contributed by atoms with Gasteiger partial charge in [0.15, 0.2) is 0 Å². The fraction of sp³-hybridized carbons (Fsp3) is 0.263. The van der Waals surface area contributed by atoms with E-state index in [9.17, 15) is 9.90 Å². The average Bonchev–Trinajstić information content (AvgIpc) is 3.22. The lowest BCUT2D eigenvalue weighted by Gasteiger charge is -2.17. The number of H-pyrrole nitrogens is 1. The molecule has 0 spiro atoms. The summed E-state index contributed by atoms with van der Waals surface area (Å²) in [6, 6.07) is 13.0. The van der Waals surface area contributed by atoms with E-state index in [1.54, 1.807) is 18.5 Å². The largest absolute Gasteiger partial charge is 0.508 e. The maximum absolute atomic E-state index is 12.7. The van der Waals surface area contributed by atoms with Crippen molar-refractivity contribution in [2.75, 3.05) is 13.1 Å². The normalized spacial score (nSPS) is 17.5. The Labute approximate surface area is 139 Å². The minimum Gasteiger partial charge on any atom is -0.508 e. The van der Waals surface area contributed by atoms with Crippen molar-refractivity contribution >= 4 is 16.9 Å². The predicted molar refractivity (Wildman–Crippen MR) is 91.9 cm³/mol. The molecule has 1 saturated heterocycles. The molecule has 1 amide bonds. The molecule has 2 heterocycles. The monoisotopic (exact) mass is 321 g/mol. The molecule has 0 radical (unpaired) electrons. The Morgan fingerprint density at radius 3 is 3.08 bits per heavy atom. The third kappa shape index (κ3) is 2.85. The van der Waals surface area contributed by atoms with Gasteiger partial charge in [0.2, 0.25) is 0 Å². The smallest absolute Gasteiger partial charge is 0.253 e. The van der Waals surface area contributed by atoms with Crippen LogP contribution >= 0.6 is 0 Å². The Morgan fingerprint density at radius 1 is 1.29 bits per heavy atom. The van der Waals surface area contributed by atoms with Gasteiger partial charge in [-0.3, -0.25) is 4.79 Å². The van der Waals surface area contributed by atoms with Gasteiger partial charge < -0.3 is 15.0 Å². The average molecular weight is 321 g/mol. The van der Waals surface area contributed by atoms with Crippen LogP contribution in [0.1, 0.15) is 22.3 Å². The van der Waals surface area contributed by atoms with Gasteiger partial charge in [-0.05, 0) is 54.7 Å². The molecule has 1 aliphatic rings. The third-order valence-electron chi connectivity index (χ3n) is 4.68. The number of fused-ring (bicyclic) bond motifs is 1. The Morgan fingerprint density at radius 2 is 2.21 bits per heavy atom. The van der Waals surface area contributed by atoms with Gasteiger partial charge >= 0.3 is 0 Å². The molecule has 1 aliphatic heterocycles. The highest BCUT2D eigenvalue weighted by Gasteiger charge is 2.27. The summed E-state index contributed by atoms with van der Waals surface area (Å²) in [5, 5.41) is 9.57. The Kier molecular flexibility index (Phi) is 3.69. The van der Waals surface area contributed by atoms with Gasteiger partial charge in [0.05, 0.1) is 17.4 Å². The molecule has 0 bridgehead atoms. The number of benzene rings is 2. The van der Waals surface area contributed by atoms with E-state index in [1.807, 2.05) is 35.2 Å². The van der Waals surface area contributed by atoms with E-state index >= 15 is 0 Å². The number of imidazole rings is 1. The minimum atomic E-state index is 0.0740. The summed E-state index contributed by atoms with van der Waals surface area (Å²) in [7, 11) is 0. The number of carbonyl (C=O) groups excluding carboxylic acids is 1. The molecular formula is C19H19N3O2. The fourth-order valence-corrected chi connectivity index (χ4v) is 3.45. The zero-order valence-corrected chi connectivity index (χ0v) is 13.3. The molecule has 1 unspecified atom stereocenters. The molecule has 1 fully saturated rings. The second-order valence-corrected chi connectivity index (χ2v) is 6.41. The summed E-state index contributed by atoms with van der Waals surface area (Å²) in [6.07, 6.45) is 3.52. The molecule has 24 heavy (non-hydrogen) atoms. The van der Waals surface area contributed by atoms with E-state index < -0.39 is 0 Å². The number of nitrogens with one attached hydrogen (secondary N) is 1. The van der Waals surface area contributed by atoms with Crippen LogP contribution in [0.4, 0.5) is 0 Å². The summed E-state index contributed by atoms with van der Waals surface area (Å²) < 4.78 is 0. The number of phenols is 1. The standard InChI is InChI=1S/C19H19N3O2/c23-16-3-1-2-13(9-16)8-14-6-7-22(11-14)19(24)15-4-5-17-18(10-15)21-12-20-17/h1-5,9-10,12,14,23H,6-8,11H2,(H,20,21). The molecule has 122 valence electrons. The summed E-state index contributed by atoms with van der Waals surface area (Å²) >= 11 is 0. The van der Waals surface area contributed by atoms with Crippen molar-refractivity contribution in [1.82, 2.24) is 14.9 Å². The fourth-order valence-electron chi connectivity index (χ4n) is 3.45. The van der Waals surface area contributed by atoms with E-state index in [4.69, 9.17) is 0 Å². The van der Waals surface area contributed by atoms with Crippen LogP contribution in [0.15, 0.2) is 48.8 Å². The lowest BCUT2D eigenvalue weighted by atomic mass is 9.98. The number of phenolic OH excluding ortho intramolecular Hbond substituents is 1. The Bertz CT molecular complexity index is 887. The number of carbonyl (C=O) groups is 1. The van der Waals surface area contributed by atoms with Crippen LogP contribution < -0.4 is 0 Å². The van der Waals surface area contributed by atoms with Crippen molar-refractivity contribution in [3.05, 3.63) is 59.9 Å². The van der Waals surface area contributed by atoms with Gasteiger partial charge in [-0.15, -0.1) is 0 Å². The lowest BCUT2D eigenvalue weighted by molar-refractivity contribution is 0.0787. The number of hydrogen-bond acceptors (Lipinski definition) is 3. The van der Waals surface area contributed by atoms with Crippen LogP contribution in [-0.2, 0) is 6.42 Å². The first-order valence-corrected chi connectivity index (χ1v) is 8.19. The zero-order chi connectivity index (χ0) is 16.5. The summed E-state index contributed by atoms with van der Waals surface area (Å²) in [6.45, 7) is 1.54. The molecule has 0 aliphatic carbocycles. The summed E-state index contributed by atoms with van der Waals surface area (Å²) in [4.78, 5) is 21.9. The van der Waals surface area contributed by atoms with Crippen molar-refractivity contribution in [3.8, 4) is 5.75 Å². The van der Waals surface area contributed by atoms with E-state index in [-0.39, 0.29) is 5.91 Å². The first kappa shape index (κ1) is 14.8. The second kappa shape index (κ2) is 6.00. The van der Waals surface area contributed by atoms with E-state index in [1.165, 1.54) is 0 Å². The number of nitrogens with zero attached hydrogens (tertiary/aromatic N) is 2. The van der Waals surface area contributed by atoms with Gasteiger partial charge in [-0.25, -0.2) is 4.98 Å². The predicted octanol–water partition coefficient (Wildman–Crippen LogP) is 2.97. The van der Waals surface area contributed by atoms with Gasteiger partial charge in [-0.1, -0.05) is 12.1 Å². The van der Waals surface area contributed by atoms with Gasteiger partial charge in [0.1, 0.15) is 5.75 Å². The number of aromatic hydroxyl groups is 1. The van der Waals surface area contributed by atoms with Crippen LogP contribution in [0, 0.1) is 5.92 Å². The second-order valence-electron chi connectivity index (χ2n) is 6.41. The number of amides is 1. The maximum atomic E-state index is 12.7. The highest BCUT2D eigenvalue weighted by atomic mass is 16.3. The van der Waals surface area contributed by atoms with Crippen molar-refractivity contribution in [3.63, 3.8) is 0 Å². The minimum absolute atomic E-state index is 0.0740. The Hall–Kier alpha value is -2.82. The molecule has 2 N–H and O–H groups in total. The topological polar surface area (TPSA) is 69.2 Å². The number of aromatic amines is 1. The molecule has 5 nitrogen and oxygen atoms in total. The molecular weight excluding hydrogens is 302 g/mol. The molecule has 3 aromatic rings. The molecule has 5 heteroatoms. The van der Waals surface area contributed by atoms with Crippen molar-refractivity contribution in [1.29, 1.82) is 0 Å². The van der Waals surface area contributed by atoms with Crippen LogP contribution in [-0.4, -0.2) is 39.0 Å². The maximum Gasteiger partial charge on any atom is 0.253 e. The third-order valence-corrected chi connectivity index (χ3v) is 4.68. The SMILES string of the molecule is O=C(c1ccc2nc[nH]c2c1)N1CCC(Cc2cccc(O)c2)C1. The molecule has 4 rings (SSSR count). The molecule has 0 saturated carbocycles. The number of hydrogen-bond donors (Lipinski definition) is 2. The first-order valence-electron chi connectivity index (χ1n) is 8.19. The van der Waals surface area contributed by atoms with Crippen LogP contribution in [0.5, 0.6) is 5.75 Å². The summed E-state index contributed by atoms with van der Waals surface area (Å²) in [5.41, 5.74) is 3.57. The van der Waals surface area contributed by atoms with E-state index in [2.05, 4.69) is 9.97 Å². The highest BCUT2D eigenvalue weighted by molar-refractivity contribution is 5.97. The van der Waals surface area contributed by atoms with E-state index in [0.717, 1.165) is 42.5 Å². The first-order chi connectivity index (χ1) is 11.7. The van der Waals surface area contributed by atoms with Gasteiger partial charge in [-0.2, -0.15) is 0 Å². The number of likely N-dealkylation sites (tertiary alicyclic amines) is 1. The van der Waals surface area contributed by atoms with Gasteiger partial charge in [0, 0.05) is 18.7 Å². The van der Waals surface area contributed by atoms with Crippen LogP contribution in [0.25, 0.3) is 11.0 Å². The summed E-state index contributed by atoms with van der Waals surface area (Å²) in [5.74, 6) is 0.808. The molecule has 2 aromatic carbocycles. The number of aromatic nitrogens is 2.